The van der Waals surface area contributed by atoms with Crippen molar-refractivity contribution in [1.82, 2.24) is 10.1 Å². The van der Waals surface area contributed by atoms with E-state index in [0.29, 0.717) is 0 Å². The maximum absolute atomic E-state index is 5.93. The van der Waals surface area contributed by atoms with Gasteiger partial charge >= 0.3 is 0 Å². The number of fused-ring (bicyclic) bond motifs is 1. The minimum Gasteiger partial charge on any atom is -0.338 e. The molecule has 5 rings (SSSR count). The number of hydrogen-bond acceptors (Lipinski definition) is 4. The zero-order valence-corrected chi connectivity index (χ0v) is 21.8. The van der Waals surface area contributed by atoms with Gasteiger partial charge in [-0.25, -0.2) is 0 Å². The SMILES string of the molecule is Ic1cccc(-c2cc(N(CCCN3CCCCCC3)Cc3cccc4ccccc34)on2)c1. The molecule has 34 heavy (non-hydrogen) atoms. The summed E-state index contributed by atoms with van der Waals surface area (Å²) in [6.45, 7) is 5.37. The monoisotopic (exact) mass is 565 g/mol. The highest BCUT2D eigenvalue weighted by Crippen LogP contribution is 2.28. The zero-order chi connectivity index (χ0) is 23.2. The first kappa shape index (κ1) is 23.4. The third-order valence-electron chi connectivity index (χ3n) is 6.77. The third-order valence-corrected chi connectivity index (χ3v) is 7.44. The molecule has 0 N–H and O–H groups in total. The fourth-order valence-electron chi connectivity index (χ4n) is 4.95. The van der Waals surface area contributed by atoms with Crippen molar-refractivity contribution in [3.63, 3.8) is 0 Å². The third kappa shape index (κ3) is 5.81. The van der Waals surface area contributed by atoms with Gasteiger partial charge in [-0.05, 0) is 90.0 Å². The first-order valence-electron chi connectivity index (χ1n) is 12.4. The molecule has 0 atom stereocenters. The summed E-state index contributed by atoms with van der Waals surface area (Å²) in [7, 11) is 0. The molecule has 3 aromatic carbocycles. The van der Waals surface area contributed by atoms with Crippen LogP contribution in [-0.4, -0.2) is 36.2 Å². The second kappa shape index (κ2) is 11.4. The van der Waals surface area contributed by atoms with Gasteiger partial charge in [-0.2, -0.15) is 0 Å². The highest BCUT2D eigenvalue weighted by Gasteiger charge is 2.17. The van der Waals surface area contributed by atoms with Crippen LogP contribution in [0.15, 0.2) is 77.3 Å². The van der Waals surface area contributed by atoms with Gasteiger partial charge in [0, 0.05) is 28.3 Å². The topological polar surface area (TPSA) is 32.5 Å². The fourth-order valence-corrected chi connectivity index (χ4v) is 5.49. The molecule has 0 spiro atoms. The van der Waals surface area contributed by atoms with Crippen LogP contribution in [0.1, 0.15) is 37.7 Å². The Morgan fingerprint density at radius 1 is 0.882 bits per heavy atom. The standard InChI is InChI=1S/C29H32IN3O/c30-26-14-8-12-24(20-26)28-21-29(34-31-28)33(19-9-18-32-16-5-1-2-6-17-32)22-25-13-7-11-23-10-3-4-15-27(23)25/h3-4,7-8,10-15,20-21H,1-2,5-6,9,16-19,22H2. The molecule has 5 heteroatoms. The molecule has 176 valence electrons. The number of hydrogen-bond donors (Lipinski definition) is 0. The summed E-state index contributed by atoms with van der Waals surface area (Å²) in [6, 6.07) is 25.7. The summed E-state index contributed by atoms with van der Waals surface area (Å²) in [5.74, 6) is 0.845. The van der Waals surface area contributed by atoms with Crippen LogP contribution in [0, 0.1) is 3.57 Å². The van der Waals surface area contributed by atoms with Crippen LogP contribution in [0.5, 0.6) is 0 Å². The van der Waals surface area contributed by atoms with Crippen LogP contribution < -0.4 is 4.90 Å². The first-order valence-corrected chi connectivity index (χ1v) is 13.5. The van der Waals surface area contributed by atoms with E-state index in [-0.39, 0.29) is 0 Å². The van der Waals surface area contributed by atoms with Crippen molar-refractivity contribution in [2.45, 2.75) is 38.6 Å². The van der Waals surface area contributed by atoms with E-state index >= 15 is 0 Å². The summed E-state index contributed by atoms with van der Waals surface area (Å²) < 4.78 is 7.13. The number of nitrogens with zero attached hydrogens (tertiary/aromatic N) is 3. The summed E-state index contributed by atoms with van der Waals surface area (Å²) in [5.41, 5.74) is 3.31. The largest absolute Gasteiger partial charge is 0.338 e. The Morgan fingerprint density at radius 2 is 1.68 bits per heavy atom. The number of rotatable bonds is 8. The molecule has 1 saturated heterocycles. The van der Waals surface area contributed by atoms with Gasteiger partial charge < -0.3 is 14.3 Å². The van der Waals surface area contributed by atoms with Crippen molar-refractivity contribution in [1.29, 1.82) is 0 Å². The average molecular weight is 565 g/mol. The second-order valence-corrected chi connectivity index (χ2v) is 10.5. The molecule has 0 unspecified atom stereocenters. The summed E-state index contributed by atoms with van der Waals surface area (Å²) in [5, 5.41) is 7.02. The fraction of sp³-hybridized carbons (Fsp3) is 0.345. The molecule has 0 radical (unpaired) electrons. The van der Waals surface area contributed by atoms with Crippen LogP contribution in [-0.2, 0) is 6.54 Å². The van der Waals surface area contributed by atoms with E-state index in [2.05, 4.69) is 110 Å². The normalized spacial score (nSPS) is 14.9. The maximum atomic E-state index is 5.93. The number of halogens is 1. The summed E-state index contributed by atoms with van der Waals surface area (Å²) in [6.07, 6.45) is 6.54. The van der Waals surface area contributed by atoms with Crippen molar-refractivity contribution in [3.05, 3.63) is 81.9 Å². The molecule has 2 heterocycles. The highest BCUT2D eigenvalue weighted by atomic mass is 127. The Morgan fingerprint density at radius 3 is 2.53 bits per heavy atom. The quantitative estimate of drug-likeness (QED) is 0.209. The number of anilines is 1. The molecule has 0 amide bonds. The van der Waals surface area contributed by atoms with Crippen LogP contribution in [0.3, 0.4) is 0 Å². The van der Waals surface area contributed by atoms with Crippen molar-refractivity contribution in [2.24, 2.45) is 0 Å². The van der Waals surface area contributed by atoms with Crippen LogP contribution >= 0.6 is 22.6 Å². The molecule has 1 aliphatic rings. The molecule has 1 aliphatic heterocycles. The predicted octanol–water partition coefficient (Wildman–Crippen LogP) is 7.37. The Balaban J connectivity index is 1.37. The van der Waals surface area contributed by atoms with Gasteiger partial charge in [0.25, 0.3) is 0 Å². The Kier molecular flexibility index (Phi) is 7.81. The molecule has 4 aromatic rings. The van der Waals surface area contributed by atoms with E-state index in [1.165, 1.54) is 58.7 Å². The Labute approximate surface area is 216 Å². The van der Waals surface area contributed by atoms with Crippen LogP contribution in [0.2, 0.25) is 0 Å². The lowest BCUT2D eigenvalue weighted by Crippen LogP contribution is -2.30. The van der Waals surface area contributed by atoms with Gasteiger partial charge in [0.15, 0.2) is 0 Å². The average Bonchev–Trinajstić information content (AvgIpc) is 3.21. The minimum absolute atomic E-state index is 0.808. The van der Waals surface area contributed by atoms with Gasteiger partial charge in [-0.15, -0.1) is 0 Å². The van der Waals surface area contributed by atoms with Crippen LogP contribution in [0.25, 0.3) is 22.0 Å². The number of benzene rings is 3. The lowest BCUT2D eigenvalue weighted by molar-refractivity contribution is 0.281. The van der Waals surface area contributed by atoms with Crippen molar-refractivity contribution in [3.8, 4) is 11.3 Å². The first-order chi connectivity index (χ1) is 16.8. The summed E-state index contributed by atoms with van der Waals surface area (Å²) in [4.78, 5) is 5.00. The number of likely N-dealkylation sites (tertiary alicyclic amines) is 1. The molecule has 1 aromatic heterocycles. The van der Waals surface area contributed by atoms with E-state index in [1.54, 1.807) is 0 Å². The van der Waals surface area contributed by atoms with Gasteiger partial charge in [-0.3, -0.25) is 0 Å². The number of aromatic nitrogens is 1. The second-order valence-electron chi connectivity index (χ2n) is 9.23. The maximum Gasteiger partial charge on any atom is 0.228 e. The lowest BCUT2D eigenvalue weighted by atomic mass is 10.0. The smallest absolute Gasteiger partial charge is 0.228 e. The van der Waals surface area contributed by atoms with Gasteiger partial charge in [0.2, 0.25) is 5.88 Å². The van der Waals surface area contributed by atoms with Crippen molar-refractivity contribution < 1.29 is 4.52 Å². The van der Waals surface area contributed by atoms with E-state index < -0.39 is 0 Å². The lowest BCUT2D eigenvalue weighted by Gasteiger charge is -2.25. The van der Waals surface area contributed by atoms with Crippen molar-refractivity contribution >= 4 is 39.2 Å². The van der Waals surface area contributed by atoms with E-state index in [1.807, 2.05) is 0 Å². The van der Waals surface area contributed by atoms with E-state index in [9.17, 15) is 0 Å². The highest BCUT2D eigenvalue weighted by molar-refractivity contribution is 14.1. The van der Waals surface area contributed by atoms with Gasteiger partial charge in [0.05, 0.1) is 0 Å². The van der Waals surface area contributed by atoms with Gasteiger partial charge in [0.1, 0.15) is 5.69 Å². The molecule has 4 nitrogen and oxygen atoms in total. The summed E-state index contributed by atoms with van der Waals surface area (Å²) >= 11 is 2.34. The van der Waals surface area contributed by atoms with Crippen LogP contribution in [0.4, 0.5) is 5.88 Å². The van der Waals surface area contributed by atoms with E-state index in [0.717, 1.165) is 43.2 Å². The molecule has 0 bridgehead atoms. The Bertz CT molecular complexity index is 1210. The molecule has 0 saturated carbocycles. The minimum atomic E-state index is 0.808. The van der Waals surface area contributed by atoms with Gasteiger partial charge in [-0.1, -0.05) is 72.6 Å². The molecular weight excluding hydrogens is 533 g/mol. The predicted molar refractivity (Wildman–Crippen MR) is 149 cm³/mol. The molecule has 0 aliphatic carbocycles. The molecule has 1 fully saturated rings. The van der Waals surface area contributed by atoms with Crippen molar-refractivity contribution in [2.75, 3.05) is 31.1 Å². The van der Waals surface area contributed by atoms with E-state index in [4.69, 9.17) is 4.52 Å². The Hall–Kier alpha value is -2.38. The zero-order valence-electron chi connectivity index (χ0n) is 19.6. The molecular formula is C29H32IN3O.